The summed E-state index contributed by atoms with van der Waals surface area (Å²) < 4.78 is 7.41. The van der Waals surface area contributed by atoms with Gasteiger partial charge in [0.05, 0.1) is 23.4 Å². The maximum absolute atomic E-state index is 13.3. The van der Waals surface area contributed by atoms with Crippen LogP contribution >= 0.6 is 39.7 Å². The molecule has 0 saturated carbocycles. The summed E-state index contributed by atoms with van der Waals surface area (Å²) in [6, 6.07) is 15.6. The van der Waals surface area contributed by atoms with E-state index in [0.717, 1.165) is 59.1 Å². The maximum Gasteiger partial charge on any atom is 0.260 e. The highest BCUT2D eigenvalue weighted by atomic mass is 79.9. The molecule has 1 aliphatic heterocycles. The third-order valence-corrected chi connectivity index (χ3v) is 6.34. The molecule has 4 rings (SSSR count). The zero-order valence-electron chi connectivity index (χ0n) is 15.9. The van der Waals surface area contributed by atoms with E-state index in [1.54, 1.807) is 11.3 Å². The summed E-state index contributed by atoms with van der Waals surface area (Å²) in [7, 11) is 0. The molecule has 8 heteroatoms. The van der Waals surface area contributed by atoms with Crippen LogP contribution < -0.4 is 4.90 Å². The Balaban J connectivity index is 0.00000240. The summed E-state index contributed by atoms with van der Waals surface area (Å²) in [5.74, 6) is -0.0117. The number of benzene rings is 2. The first-order valence-electron chi connectivity index (χ1n) is 9.44. The summed E-state index contributed by atoms with van der Waals surface area (Å²) in [4.78, 5) is 22.2. The first kappa shape index (κ1) is 22.2. The van der Waals surface area contributed by atoms with Gasteiger partial charge >= 0.3 is 0 Å². The quantitative estimate of drug-likeness (QED) is 0.489. The van der Waals surface area contributed by atoms with Crippen LogP contribution in [0.25, 0.3) is 10.2 Å². The average Bonchev–Trinajstić information content (AvgIpc) is 3.15. The SMILES string of the molecule is Cl.O=C(c1cccc(Br)c1)N(CCCN1CCOCC1)c1nc2ccccc2s1. The Hall–Kier alpha value is -1.51. The molecule has 0 unspecified atom stereocenters. The van der Waals surface area contributed by atoms with Gasteiger partial charge in [0.25, 0.3) is 5.91 Å². The number of thiazole rings is 1. The molecule has 0 spiro atoms. The van der Waals surface area contributed by atoms with Crippen molar-refractivity contribution in [3.8, 4) is 0 Å². The van der Waals surface area contributed by atoms with Crippen molar-refractivity contribution in [2.24, 2.45) is 0 Å². The molecule has 154 valence electrons. The molecule has 2 heterocycles. The number of para-hydroxylation sites is 1. The number of hydrogen-bond donors (Lipinski definition) is 0. The van der Waals surface area contributed by atoms with E-state index < -0.39 is 0 Å². The number of aromatic nitrogens is 1. The van der Waals surface area contributed by atoms with E-state index in [2.05, 4.69) is 20.8 Å². The molecule has 0 radical (unpaired) electrons. The highest BCUT2D eigenvalue weighted by Gasteiger charge is 2.22. The van der Waals surface area contributed by atoms with Gasteiger partial charge in [-0.1, -0.05) is 45.5 Å². The predicted molar refractivity (Wildman–Crippen MR) is 125 cm³/mol. The van der Waals surface area contributed by atoms with Crippen molar-refractivity contribution in [3.05, 3.63) is 58.6 Å². The van der Waals surface area contributed by atoms with Crippen molar-refractivity contribution in [2.45, 2.75) is 6.42 Å². The molecule has 3 aromatic rings. The predicted octanol–water partition coefficient (Wildman–Crippen LogP) is 4.85. The lowest BCUT2D eigenvalue weighted by Gasteiger charge is -2.27. The number of fused-ring (bicyclic) bond motifs is 1. The molecule has 2 aromatic carbocycles. The monoisotopic (exact) mass is 495 g/mol. The van der Waals surface area contributed by atoms with Gasteiger partial charge < -0.3 is 4.74 Å². The molecule has 0 aliphatic carbocycles. The highest BCUT2D eigenvalue weighted by molar-refractivity contribution is 9.10. The Morgan fingerprint density at radius 3 is 2.72 bits per heavy atom. The number of anilines is 1. The lowest BCUT2D eigenvalue weighted by molar-refractivity contribution is 0.0376. The number of carbonyl (C=O) groups is 1. The first-order chi connectivity index (χ1) is 13.7. The number of rotatable bonds is 6. The third-order valence-electron chi connectivity index (χ3n) is 4.79. The summed E-state index contributed by atoms with van der Waals surface area (Å²) in [6.07, 6.45) is 0.898. The highest BCUT2D eigenvalue weighted by Crippen LogP contribution is 2.30. The van der Waals surface area contributed by atoms with Crippen molar-refractivity contribution >= 4 is 60.9 Å². The molecule has 1 fully saturated rings. The number of nitrogens with zero attached hydrogens (tertiary/aromatic N) is 3. The van der Waals surface area contributed by atoms with Crippen LogP contribution in [0.1, 0.15) is 16.8 Å². The van der Waals surface area contributed by atoms with Crippen LogP contribution in [0.4, 0.5) is 5.13 Å². The minimum atomic E-state index is -0.0117. The van der Waals surface area contributed by atoms with E-state index in [9.17, 15) is 4.79 Å². The van der Waals surface area contributed by atoms with Gasteiger partial charge in [0.15, 0.2) is 5.13 Å². The summed E-state index contributed by atoms with van der Waals surface area (Å²) in [6.45, 7) is 5.09. The first-order valence-corrected chi connectivity index (χ1v) is 11.0. The van der Waals surface area contributed by atoms with Gasteiger partial charge in [0, 0.05) is 36.2 Å². The van der Waals surface area contributed by atoms with Crippen molar-refractivity contribution in [2.75, 3.05) is 44.3 Å². The van der Waals surface area contributed by atoms with E-state index >= 15 is 0 Å². The Kier molecular flexibility index (Phi) is 8.03. The van der Waals surface area contributed by atoms with Gasteiger partial charge in [-0.3, -0.25) is 14.6 Å². The normalized spacial score (nSPS) is 14.5. The van der Waals surface area contributed by atoms with Gasteiger partial charge in [-0.25, -0.2) is 4.98 Å². The fraction of sp³-hybridized carbons (Fsp3) is 0.333. The molecular weight excluding hydrogens is 474 g/mol. The van der Waals surface area contributed by atoms with Crippen LogP contribution in [0.5, 0.6) is 0 Å². The number of hydrogen-bond acceptors (Lipinski definition) is 5. The molecular formula is C21H23BrClN3O2S. The Morgan fingerprint density at radius 2 is 1.97 bits per heavy atom. The molecule has 0 N–H and O–H groups in total. The minimum absolute atomic E-state index is 0. The number of carbonyl (C=O) groups excluding carboxylic acids is 1. The maximum atomic E-state index is 13.3. The second-order valence-electron chi connectivity index (χ2n) is 6.74. The van der Waals surface area contributed by atoms with Gasteiger partial charge in [-0.2, -0.15) is 0 Å². The third kappa shape index (κ3) is 5.55. The van der Waals surface area contributed by atoms with Crippen LogP contribution in [0.3, 0.4) is 0 Å². The Bertz CT molecular complexity index is 929. The van der Waals surface area contributed by atoms with E-state index in [4.69, 9.17) is 9.72 Å². The summed E-state index contributed by atoms with van der Waals surface area (Å²) in [5.41, 5.74) is 1.60. The fourth-order valence-electron chi connectivity index (χ4n) is 3.31. The zero-order chi connectivity index (χ0) is 19.3. The zero-order valence-corrected chi connectivity index (χ0v) is 19.1. The van der Waals surface area contributed by atoms with Crippen LogP contribution in [0.15, 0.2) is 53.0 Å². The van der Waals surface area contributed by atoms with Crippen LogP contribution in [0, 0.1) is 0 Å². The molecule has 1 amide bonds. The van der Waals surface area contributed by atoms with Crippen molar-refractivity contribution in [1.29, 1.82) is 0 Å². The fourth-order valence-corrected chi connectivity index (χ4v) is 4.70. The lowest BCUT2D eigenvalue weighted by atomic mass is 10.2. The smallest absolute Gasteiger partial charge is 0.260 e. The van der Waals surface area contributed by atoms with Crippen molar-refractivity contribution in [3.63, 3.8) is 0 Å². The van der Waals surface area contributed by atoms with Gasteiger partial charge in [-0.15, -0.1) is 12.4 Å². The molecule has 1 aliphatic rings. The number of ether oxygens (including phenoxy) is 1. The standard InChI is InChI=1S/C21H22BrN3O2S.ClH/c22-17-6-3-5-16(15-17)20(26)25(10-4-9-24-11-13-27-14-12-24)21-23-18-7-1-2-8-19(18)28-21;/h1-3,5-8,15H,4,9-14H2;1H. The molecule has 1 saturated heterocycles. The molecule has 0 atom stereocenters. The molecule has 5 nitrogen and oxygen atoms in total. The van der Waals surface area contributed by atoms with Crippen molar-refractivity contribution in [1.82, 2.24) is 9.88 Å². The number of amides is 1. The number of halogens is 2. The van der Waals surface area contributed by atoms with Crippen LogP contribution in [0.2, 0.25) is 0 Å². The topological polar surface area (TPSA) is 45.7 Å². The van der Waals surface area contributed by atoms with Crippen molar-refractivity contribution < 1.29 is 9.53 Å². The van der Waals surface area contributed by atoms with Gasteiger partial charge in [0.2, 0.25) is 0 Å². The molecule has 29 heavy (non-hydrogen) atoms. The second kappa shape index (κ2) is 10.5. The van der Waals surface area contributed by atoms with E-state index in [0.29, 0.717) is 12.1 Å². The average molecular weight is 497 g/mol. The van der Waals surface area contributed by atoms with Gasteiger partial charge in [-0.05, 0) is 36.8 Å². The summed E-state index contributed by atoms with van der Waals surface area (Å²) in [5, 5.41) is 0.758. The lowest BCUT2D eigenvalue weighted by Crippen LogP contribution is -2.39. The second-order valence-corrected chi connectivity index (χ2v) is 8.66. The number of morpholine rings is 1. The Morgan fingerprint density at radius 1 is 1.17 bits per heavy atom. The van der Waals surface area contributed by atoms with E-state index in [-0.39, 0.29) is 18.3 Å². The molecule has 0 bridgehead atoms. The van der Waals surface area contributed by atoms with E-state index in [1.807, 2.05) is 53.4 Å². The van der Waals surface area contributed by atoms with Crippen LogP contribution in [-0.2, 0) is 4.74 Å². The largest absolute Gasteiger partial charge is 0.379 e. The Labute approximate surface area is 189 Å². The minimum Gasteiger partial charge on any atom is -0.379 e. The van der Waals surface area contributed by atoms with Crippen LogP contribution in [-0.4, -0.2) is 55.2 Å². The summed E-state index contributed by atoms with van der Waals surface area (Å²) >= 11 is 5.03. The molecule has 1 aromatic heterocycles. The van der Waals surface area contributed by atoms with E-state index in [1.165, 1.54) is 0 Å². The van der Waals surface area contributed by atoms with Gasteiger partial charge in [0.1, 0.15) is 0 Å².